The molecule has 33 heavy (non-hydrogen) atoms. The zero-order chi connectivity index (χ0) is 22.9. The molecule has 0 bridgehead atoms. The van der Waals surface area contributed by atoms with Crippen LogP contribution >= 0.6 is 0 Å². The summed E-state index contributed by atoms with van der Waals surface area (Å²) >= 11 is 0. The van der Waals surface area contributed by atoms with E-state index in [0.717, 1.165) is 17.1 Å². The number of anilines is 3. The highest BCUT2D eigenvalue weighted by atomic mass is 16.5. The minimum absolute atomic E-state index is 0.0944. The van der Waals surface area contributed by atoms with Crippen LogP contribution in [-0.4, -0.2) is 64.8 Å². The Hall–Kier alpha value is -4.21. The second-order valence-corrected chi connectivity index (χ2v) is 7.42. The summed E-state index contributed by atoms with van der Waals surface area (Å²) in [5.74, 6) is 1.25. The first-order valence-corrected chi connectivity index (χ1v) is 10.7. The molecule has 1 aromatic carbocycles. The summed E-state index contributed by atoms with van der Waals surface area (Å²) in [6.45, 7) is 2.42. The maximum Gasteiger partial charge on any atom is 0.407 e. The second-order valence-electron chi connectivity index (χ2n) is 7.42. The summed E-state index contributed by atoms with van der Waals surface area (Å²) in [7, 11) is 0. The Kier molecular flexibility index (Phi) is 7.26. The molecule has 2 aromatic heterocycles. The van der Waals surface area contributed by atoms with Gasteiger partial charge in [-0.15, -0.1) is 10.2 Å². The zero-order valence-electron chi connectivity index (χ0n) is 18.1. The maximum atomic E-state index is 12.4. The van der Waals surface area contributed by atoms with Gasteiger partial charge in [-0.3, -0.25) is 9.78 Å². The fraction of sp³-hybridized carbons (Fsp3) is 0.261. The smallest absolute Gasteiger partial charge is 0.407 e. The van der Waals surface area contributed by atoms with Crippen molar-refractivity contribution in [1.82, 2.24) is 25.4 Å². The molecular formula is C23H25N7O3. The van der Waals surface area contributed by atoms with Gasteiger partial charge in [0, 0.05) is 44.3 Å². The van der Waals surface area contributed by atoms with E-state index in [1.807, 2.05) is 54.6 Å². The Morgan fingerprint density at radius 2 is 1.67 bits per heavy atom. The van der Waals surface area contributed by atoms with Crippen LogP contribution in [0.25, 0.3) is 0 Å². The van der Waals surface area contributed by atoms with Gasteiger partial charge in [0.05, 0.1) is 0 Å². The molecular weight excluding hydrogens is 422 g/mol. The standard InChI is InChI=1S/C23H25N7O3/c31-22(16-25-23(32)33-17-18-4-2-1-3-5-18)30-14-12-29(13-15-30)21-7-6-20(27-28-21)26-19-8-10-24-11-9-19/h1-11H,12-17H2,(H,25,32)(H,24,26,27). The summed E-state index contributed by atoms with van der Waals surface area (Å²) in [6.07, 6.45) is 2.80. The predicted molar refractivity (Wildman–Crippen MR) is 123 cm³/mol. The maximum absolute atomic E-state index is 12.4. The number of rotatable bonds is 7. The monoisotopic (exact) mass is 447 g/mol. The molecule has 2 amide bonds. The van der Waals surface area contributed by atoms with E-state index in [1.54, 1.807) is 17.3 Å². The molecule has 1 fully saturated rings. The number of piperazine rings is 1. The van der Waals surface area contributed by atoms with Crippen molar-refractivity contribution in [2.24, 2.45) is 0 Å². The van der Waals surface area contributed by atoms with Crippen molar-refractivity contribution in [1.29, 1.82) is 0 Å². The second kappa shape index (κ2) is 10.9. The van der Waals surface area contributed by atoms with Crippen molar-refractivity contribution in [2.75, 3.05) is 42.9 Å². The number of pyridine rings is 1. The molecule has 1 aliphatic heterocycles. The number of nitrogens with zero attached hydrogens (tertiary/aromatic N) is 5. The fourth-order valence-corrected chi connectivity index (χ4v) is 3.36. The van der Waals surface area contributed by atoms with E-state index in [0.29, 0.717) is 32.0 Å². The molecule has 0 aliphatic carbocycles. The average Bonchev–Trinajstić information content (AvgIpc) is 2.88. The fourth-order valence-electron chi connectivity index (χ4n) is 3.36. The van der Waals surface area contributed by atoms with E-state index in [-0.39, 0.29) is 19.1 Å². The third-order valence-corrected chi connectivity index (χ3v) is 5.16. The molecule has 3 aromatic rings. The Bertz CT molecular complexity index is 1040. The average molecular weight is 447 g/mol. The molecule has 0 spiro atoms. The third kappa shape index (κ3) is 6.39. The van der Waals surface area contributed by atoms with Gasteiger partial charge in [-0.1, -0.05) is 30.3 Å². The molecule has 0 unspecified atom stereocenters. The lowest BCUT2D eigenvalue weighted by molar-refractivity contribution is -0.130. The molecule has 4 rings (SSSR count). The first-order chi connectivity index (χ1) is 16.2. The number of amides is 2. The van der Waals surface area contributed by atoms with Crippen LogP contribution < -0.4 is 15.5 Å². The molecule has 10 nitrogen and oxygen atoms in total. The number of nitrogens with one attached hydrogen (secondary N) is 2. The Labute approximate surface area is 191 Å². The van der Waals surface area contributed by atoms with Crippen molar-refractivity contribution < 1.29 is 14.3 Å². The number of alkyl carbamates (subject to hydrolysis) is 1. The molecule has 1 saturated heterocycles. The SMILES string of the molecule is O=C(NCC(=O)N1CCN(c2ccc(Nc3ccncc3)nn2)CC1)OCc1ccccc1. The van der Waals surface area contributed by atoms with Crippen molar-refractivity contribution >= 4 is 29.3 Å². The van der Waals surface area contributed by atoms with E-state index < -0.39 is 6.09 Å². The molecule has 0 radical (unpaired) electrons. The predicted octanol–water partition coefficient (Wildman–Crippen LogP) is 2.19. The lowest BCUT2D eigenvalue weighted by atomic mass is 10.2. The highest BCUT2D eigenvalue weighted by Crippen LogP contribution is 2.17. The van der Waals surface area contributed by atoms with Gasteiger partial charge in [-0.05, 0) is 29.8 Å². The van der Waals surface area contributed by atoms with E-state index in [1.165, 1.54) is 0 Å². The molecule has 170 valence electrons. The van der Waals surface area contributed by atoms with Crippen LogP contribution in [0.15, 0.2) is 67.0 Å². The number of carbonyl (C=O) groups is 2. The number of benzene rings is 1. The zero-order valence-corrected chi connectivity index (χ0v) is 18.1. The summed E-state index contributed by atoms with van der Waals surface area (Å²) < 4.78 is 5.14. The Balaban J connectivity index is 1.18. The van der Waals surface area contributed by atoms with Crippen LogP contribution in [0.2, 0.25) is 0 Å². The molecule has 0 atom stereocenters. The highest BCUT2D eigenvalue weighted by molar-refractivity contribution is 5.82. The molecule has 3 heterocycles. The van der Waals surface area contributed by atoms with Gasteiger partial charge in [0.25, 0.3) is 0 Å². The first kappa shape index (κ1) is 22.0. The van der Waals surface area contributed by atoms with Crippen LogP contribution in [0, 0.1) is 0 Å². The minimum atomic E-state index is -0.610. The van der Waals surface area contributed by atoms with E-state index in [9.17, 15) is 9.59 Å². The minimum Gasteiger partial charge on any atom is -0.445 e. The summed E-state index contributed by atoms with van der Waals surface area (Å²) in [6, 6.07) is 16.8. The summed E-state index contributed by atoms with van der Waals surface area (Å²) in [4.78, 5) is 32.1. The summed E-state index contributed by atoms with van der Waals surface area (Å²) in [5.41, 5.74) is 1.77. The lowest BCUT2D eigenvalue weighted by Gasteiger charge is -2.35. The van der Waals surface area contributed by atoms with Gasteiger partial charge in [0.15, 0.2) is 11.6 Å². The largest absolute Gasteiger partial charge is 0.445 e. The van der Waals surface area contributed by atoms with Gasteiger partial charge < -0.3 is 25.2 Å². The number of aromatic nitrogens is 3. The first-order valence-electron chi connectivity index (χ1n) is 10.7. The van der Waals surface area contributed by atoms with Crippen LogP contribution in [-0.2, 0) is 16.1 Å². The van der Waals surface area contributed by atoms with Crippen LogP contribution in [0.1, 0.15) is 5.56 Å². The van der Waals surface area contributed by atoms with Crippen LogP contribution in [0.4, 0.5) is 22.1 Å². The van der Waals surface area contributed by atoms with Crippen LogP contribution in [0.5, 0.6) is 0 Å². The van der Waals surface area contributed by atoms with Crippen molar-refractivity contribution in [3.8, 4) is 0 Å². The van der Waals surface area contributed by atoms with E-state index >= 15 is 0 Å². The number of hydrogen-bond acceptors (Lipinski definition) is 8. The van der Waals surface area contributed by atoms with Crippen molar-refractivity contribution in [2.45, 2.75) is 6.61 Å². The molecule has 1 aliphatic rings. The van der Waals surface area contributed by atoms with Gasteiger partial charge in [-0.25, -0.2) is 4.79 Å². The molecule has 0 saturated carbocycles. The third-order valence-electron chi connectivity index (χ3n) is 5.16. The van der Waals surface area contributed by atoms with Crippen LogP contribution in [0.3, 0.4) is 0 Å². The number of ether oxygens (including phenoxy) is 1. The highest BCUT2D eigenvalue weighted by Gasteiger charge is 2.22. The van der Waals surface area contributed by atoms with Crippen molar-refractivity contribution in [3.05, 3.63) is 72.6 Å². The Morgan fingerprint density at radius 1 is 0.909 bits per heavy atom. The molecule has 10 heteroatoms. The normalized spacial score (nSPS) is 13.3. The van der Waals surface area contributed by atoms with E-state index in [4.69, 9.17) is 4.74 Å². The van der Waals surface area contributed by atoms with E-state index in [2.05, 4.69) is 30.7 Å². The van der Waals surface area contributed by atoms with Crippen molar-refractivity contribution in [3.63, 3.8) is 0 Å². The topological polar surface area (TPSA) is 113 Å². The lowest BCUT2D eigenvalue weighted by Crippen LogP contribution is -2.51. The van der Waals surface area contributed by atoms with Gasteiger partial charge in [-0.2, -0.15) is 0 Å². The van der Waals surface area contributed by atoms with Gasteiger partial charge >= 0.3 is 6.09 Å². The summed E-state index contributed by atoms with van der Waals surface area (Å²) in [5, 5.41) is 14.2. The molecule has 2 N–H and O–H groups in total. The Morgan fingerprint density at radius 3 is 2.36 bits per heavy atom. The quantitative estimate of drug-likeness (QED) is 0.567. The van der Waals surface area contributed by atoms with Gasteiger partial charge in [0.2, 0.25) is 5.91 Å². The number of hydrogen-bond donors (Lipinski definition) is 2. The number of carbonyl (C=O) groups excluding carboxylic acids is 2. The van der Waals surface area contributed by atoms with Gasteiger partial charge in [0.1, 0.15) is 13.2 Å².